The van der Waals surface area contributed by atoms with Crippen molar-refractivity contribution in [3.63, 3.8) is 0 Å². The molecule has 0 aliphatic heterocycles. The quantitative estimate of drug-likeness (QED) is 0.231. The Balaban J connectivity index is 1.28. The summed E-state index contributed by atoms with van der Waals surface area (Å²) >= 11 is 0. The Morgan fingerprint density at radius 1 is 0.892 bits per heavy atom. The molecule has 1 aliphatic carbocycles. The van der Waals surface area contributed by atoms with Gasteiger partial charge in [-0.15, -0.1) is 0 Å². The van der Waals surface area contributed by atoms with Crippen LogP contribution in [0.4, 0.5) is 0 Å². The average Bonchev–Trinajstić information content (AvgIpc) is 3.67. The number of rotatable bonds is 10. The van der Waals surface area contributed by atoms with E-state index in [1.165, 1.54) is 0 Å². The van der Waals surface area contributed by atoms with Crippen molar-refractivity contribution in [1.29, 1.82) is 0 Å². The molecule has 3 aromatic carbocycles. The Kier molecular flexibility index (Phi) is 7.04. The van der Waals surface area contributed by atoms with Crippen LogP contribution in [0, 0.1) is 6.92 Å². The number of aryl methyl sites for hydroxylation is 2. The molecule has 0 amide bonds. The standard InChI is InChI=1S/C32H31NO4/c1-3-36-31(35)32(19-20-32)27-16-14-25(15-17-27)24-10-12-26(13-11-24)30-29(22(2)33-37-30)21-28(34)18-9-23-7-5-4-6-8-23/h4-8,10-17H,3,9,18-21H2,1-2H3. The van der Waals surface area contributed by atoms with Gasteiger partial charge in [0.05, 0.1) is 17.7 Å². The largest absolute Gasteiger partial charge is 0.465 e. The van der Waals surface area contributed by atoms with E-state index in [2.05, 4.69) is 17.3 Å². The zero-order chi connectivity index (χ0) is 25.8. The van der Waals surface area contributed by atoms with Gasteiger partial charge in [0.2, 0.25) is 0 Å². The van der Waals surface area contributed by atoms with Gasteiger partial charge in [-0.05, 0) is 55.4 Å². The van der Waals surface area contributed by atoms with Crippen LogP contribution >= 0.6 is 0 Å². The van der Waals surface area contributed by atoms with Crippen molar-refractivity contribution in [3.8, 4) is 22.5 Å². The Bertz CT molecular complexity index is 1380. The van der Waals surface area contributed by atoms with E-state index in [1.54, 1.807) is 0 Å². The van der Waals surface area contributed by atoms with Crippen LogP contribution in [0.1, 0.15) is 48.6 Å². The Labute approximate surface area is 217 Å². The second kappa shape index (κ2) is 10.6. The summed E-state index contributed by atoms with van der Waals surface area (Å²) in [5.41, 5.74) is 6.35. The van der Waals surface area contributed by atoms with Crippen LogP contribution in [-0.4, -0.2) is 23.5 Å². The van der Waals surface area contributed by atoms with Crippen molar-refractivity contribution in [2.24, 2.45) is 0 Å². The van der Waals surface area contributed by atoms with Crippen LogP contribution in [0.25, 0.3) is 22.5 Å². The first-order chi connectivity index (χ1) is 18.0. The lowest BCUT2D eigenvalue weighted by molar-refractivity contribution is -0.146. The lowest BCUT2D eigenvalue weighted by Gasteiger charge is -2.14. The molecule has 188 valence electrons. The van der Waals surface area contributed by atoms with Gasteiger partial charge in [-0.3, -0.25) is 9.59 Å². The zero-order valence-electron chi connectivity index (χ0n) is 21.3. The summed E-state index contributed by atoms with van der Waals surface area (Å²) in [6.07, 6.45) is 3.21. The molecule has 0 N–H and O–H groups in total. The van der Waals surface area contributed by atoms with Crippen molar-refractivity contribution in [1.82, 2.24) is 5.16 Å². The van der Waals surface area contributed by atoms with E-state index >= 15 is 0 Å². The fourth-order valence-corrected chi connectivity index (χ4v) is 4.84. The number of aromatic nitrogens is 1. The van der Waals surface area contributed by atoms with E-state index in [1.807, 2.05) is 80.6 Å². The molecule has 0 atom stereocenters. The van der Waals surface area contributed by atoms with Crippen molar-refractivity contribution in [2.75, 3.05) is 6.61 Å². The zero-order valence-corrected chi connectivity index (χ0v) is 21.3. The topological polar surface area (TPSA) is 69.4 Å². The van der Waals surface area contributed by atoms with Crippen molar-refractivity contribution < 1.29 is 18.8 Å². The van der Waals surface area contributed by atoms with Crippen LogP contribution in [0.2, 0.25) is 0 Å². The maximum atomic E-state index is 12.7. The fourth-order valence-electron chi connectivity index (χ4n) is 4.84. The number of ether oxygens (including phenoxy) is 1. The highest BCUT2D eigenvalue weighted by Crippen LogP contribution is 2.49. The van der Waals surface area contributed by atoms with Gasteiger partial charge in [-0.25, -0.2) is 0 Å². The van der Waals surface area contributed by atoms with Crippen molar-refractivity contribution >= 4 is 11.8 Å². The molecular weight excluding hydrogens is 462 g/mol. The van der Waals surface area contributed by atoms with Crippen LogP contribution in [-0.2, 0) is 32.6 Å². The maximum Gasteiger partial charge on any atom is 0.316 e. The molecule has 5 nitrogen and oxygen atoms in total. The molecule has 1 saturated carbocycles. The molecule has 1 aliphatic rings. The van der Waals surface area contributed by atoms with Gasteiger partial charge < -0.3 is 9.26 Å². The number of nitrogens with zero attached hydrogens (tertiary/aromatic N) is 1. The molecule has 37 heavy (non-hydrogen) atoms. The summed E-state index contributed by atoms with van der Waals surface area (Å²) < 4.78 is 10.9. The molecule has 0 saturated heterocycles. The molecule has 4 aromatic rings. The molecule has 5 rings (SSSR count). The SMILES string of the molecule is CCOC(=O)C1(c2ccc(-c3ccc(-c4onc(C)c4CC(=O)CCc4ccccc4)cc3)cc2)CC1. The number of hydrogen-bond donors (Lipinski definition) is 0. The number of carbonyl (C=O) groups is 2. The van der Waals surface area contributed by atoms with Gasteiger partial charge in [0, 0.05) is 24.0 Å². The summed E-state index contributed by atoms with van der Waals surface area (Å²) in [6.45, 7) is 4.12. The first kappa shape index (κ1) is 24.7. The van der Waals surface area contributed by atoms with Gasteiger partial charge in [-0.2, -0.15) is 0 Å². The molecule has 0 bridgehead atoms. The fraction of sp³-hybridized carbons (Fsp3) is 0.281. The Morgan fingerprint density at radius 3 is 2.14 bits per heavy atom. The minimum Gasteiger partial charge on any atom is -0.465 e. The van der Waals surface area contributed by atoms with E-state index in [-0.39, 0.29) is 11.8 Å². The summed E-state index contributed by atoms with van der Waals surface area (Å²) in [7, 11) is 0. The molecule has 0 spiro atoms. The summed E-state index contributed by atoms with van der Waals surface area (Å²) in [4.78, 5) is 25.1. The van der Waals surface area contributed by atoms with Crippen LogP contribution < -0.4 is 0 Å². The molecule has 1 fully saturated rings. The first-order valence-corrected chi connectivity index (χ1v) is 12.9. The number of hydrogen-bond acceptors (Lipinski definition) is 5. The summed E-state index contributed by atoms with van der Waals surface area (Å²) in [5, 5.41) is 4.15. The highest BCUT2D eigenvalue weighted by atomic mass is 16.5. The molecule has 0 unspecified atom stereocenters. The van der Waals surface area contributed by atoms with Crippen LogP contribution in [0.5, 0.6) is 0 Å². The smallest absolute Gasteiger partial charge is 0.316 e. The normalized spacial score (nSPS) is 13.8. The predicted molar refractivity (Wildman–Crippen MR) is 143 cm³/mol. The van der Waals surface area contributed by atoms with Gasteiger partial charge >= 0.3 is 5.97 Å². The van der Waals surface area contributed by atoms with E-state index in [0.717, 1.165) is 58.3 Å². The van der Waals surface area contributed by atoms with Crippen LogP contribution in [0.3, 0.4) is 0 Å². The number of ketones is 1. The lowest BCUT2D eigenvalue weighted by atomic mass is 9.93. The molecule has 5 heteroatoms. The minimum atomic E-state index is -0.461. The average molecular weight is 494 g/mol. The van der Waals surface area contributed by atoms with E-state index < -0.39 is 5.41 Å². The molecule has 1 heterocycles. The van der Waals surface area contributed by atoms with E-state index in [4.69, 9.17) is 9.26 Å². The van der Waals surface area contributed by atoms with E-state index in [0.29, 0.717) is 25.2 Å². The van der Waals surface area contributed by atoms with Gasteiger partial charge in [0.15, 0.2) is 5.76 Å². The number of benzene rings is 3. The van der Waals surface area contributed by atoms with E-state index in [9.17, 15) is 9.59 Å². The lowest BCUT2D eigenvalue weighted by Crippen LogP contribution is -2.23. The number of Topliss-reactive ketones (excluding diaryl/α,β-unsaturated/α-hetero) is 1. The third-order valence-electron chi connectivity index (χ3n) is 7.23. The summed E-state index contributed by atoms with van der Waals surface area (Å²) in [6, 6.07) is 26.3. The van der Waals surface area contributed by atoms with Crippen molar-refractivity contribution in [3.05, 3.63) is 101 Å². The number of esters is 1. The third kappa shape index (κ3) is 5.26. The number of carbonyl (C=O) groups excluding carboxylic acids is 2. The molecular formula is C32H31NO4. The monoisotopic (exact) mass is 493 g/mol. The first-order valence-electron chi connectivity index (χ1n) is 12.9. The predicted octanol–water partition coefficient (Wildman–Crippen LogP) is 6.66. The third-order valence-corrected chi connectivity index (χ3v) is 7.23. The van der Waals surface area contributed by atoms with Gasteiger partial charge in [0.1, 0.15) is 5.78 Å². The van der Waals surface area contributed by atoms with Crippen molar-refractivity contribution in [2.45, 2.75) is 51.4 Å². The highest BCUT2D eigenvalue weighted by molar-refractivity contribution is 5.87. The van der Waals surface area contributed by atoms with Crippen LogP contribution in [0.15, 0.2) is 83.4 Å². The Morgan fingerprint density at radius 2 is 1.51 bits per heavy atom. The second-order valence-electron chi connectivity index (χ2n) is 9.73. The summed E-state index contributed by atoms with van der Waals surface area (Å²) in [5.74, 6) is 0.700. The van der Waals surface area contributed by atoms with Gasteiger partial charge in [-0.1, -0.05) is 84.0 Å². The second-order valence-corrected chi connectivity index (χ2v) is 9.73. The Hall–Kier alpha value is -3.99. The van der Waals surface area contributed by atoms with Gasteiger partial charge in [0.25, 0.3) is 0 Å². The minimum absolute atomic E-state index is 0.121. The molecule has 0 radical (unpaired) electrons. The molecule has 1 aromatic heterocycles. The highest BCUT2D eigenvalue weighted by Gasteiger charge is 2.52. The maximum absolute atomic E-state index is 12.7.